The molecule has 0 aliphatic heterocycles. The highest BCUT2D eigenvalue weighted by molar-refractivity contribution is 7.80. The number of aromatic nitrogens is 2. The fourth-order valence-corrected chi connectivity index (χ4v) is 1.82. The van der Waals surface area contributed by atoms with Crippen molar-refractivity contribution in [3.8, 4) is 0 Å². The van der Waals surface area contributed by atoms with Crippen molar-refractivity contribution >= 4 is 22.9 Å². The third-order valence-electron chi connectivity index (χ3n) is 2.57. The third-order valence-corrected chi connectivity index (χ3v) is 2.78. The van der Waals surface area contributed by atoms with Crippen molar-refractivity contribution in [3.05, 3.63) is 54.1 Å². The maximum Gasteiger partial charge on any atom is 0.106 e. The van der Waals surface area contributed by atoms with E-state index in [0.29, 0.717) is 4.99 Å². The number of nitrogens with one attached hydrogen (secondary N) is 1. The molecule has 3 N–H and O–H groups in total. The quantitative estimate of drug-likeness (QED) is 0.800. The first-order chi connectivity index (χ1) is 8.77. The van der Waals surface area contributed by atoms with Gasteiger partial charge in [-0.25, -0.2) is 0 Å². The van der Waals surface area contributed by atoms with Crippen molar-refractivity contribution in [2.75, 3.05) is 11.9 Å². The average Bonchev–Trinajstić information content (AvgIpc) is 2.40. The number of nitrogens with zero attached hydrogens (tertiary/aromatic N) is 2. The molecule has 0 spiro atoms. The van der Waals surface area contributed by atoms with Crippen LogP contribution in [0.15, 0.2) is 43.0 Å². The van der Waals surface area contributed by atoms with Crippen LogP contribution in [0, 0.1) is 0 Å². The molecule has 4 nitrogen and oxygen atoms in total. The molecule has 2 aromatic rings. The Labute approximate surface area is 111 Å². The Morgan fingerprint density at radius 1 is 1.17 bits per heavy atom. The molecule has 0 aromatic carbocycles. The van der Waals surface area contributed by atoms with Crippen molar-refractivity contribution in [2.24, 2.45) is 5.73 Å². The lowest BCUT2D eigenvalue weighted by atomic mass is 10.2. The van der Waals surface area contributed by atoms with E-state index in [0.717, 1.165) is 24.2 Å². The molecule has 5 heteroatoms. The van der Waals surface area contributed by atoms with Gasteiger partial charge in [-0.3, -0.25) is 9.97 Å². The minimum absolute atomic E-state index is 0.379. The summed E-state index contributed by atoms with van der Waals surface area (Å²) in [6.07, 6.45) is 7.91. The SMILES string of the molecule is NC(=S)c1ccncc1NCCc1ccncc1. The highest BCUT2D eigenvalue weighted by Crippen LogP contribution is 2.13. The number of nitrogens with two attached hydrogens (primary N) is 1. The highest BCUT2D eigenvalue weighted by Gasteiger charge is 2.03. The number of pyridine rings is 2. The Bertz CT molecular complexity index is 528. The van der Waals surface area contributed by atoms with Crippen molar-refractivity contribution in [1.82, 2.24) is 9.97 Å². The molecule has 0 radical (unpaired) electrons. The molecule has 2 rings (SSSR count). The maximum atomic E-state index is 5.65. The van der Waals surface area contributed by atoms with Gasteiger partial charge in [-0.2, -0.15) is 0 Å². The Kier molecular flexibility index (Phi) is 4.20. The van der Waals surface area contributed by atoms with Gasteiger partial charge in [0.15, 0.2) is 0 Å². The monoisotopic (exact) mass is 258 g/mol. The van der Waals surface area contributed by atoms with E-state index < -0.39 is 0 Å². The van der Waals surface area contributed by atoms with Crippen LogP contribution in [0.25, 0.3) is 0 Å². The summed E-state index contributed by atoms with van der Waals surface area (Å²) in [5.74, 6) is 0. The van der Waals surface area contributed by atoms with Crippen LogP contribution in [0.5, 0.6) is 0 Å². The largest absolute Gasteiger partial charge is 0.389 e. The van der Waals surface area contributed by atoms with Crippen LogP contribution >= 0.6 is 12.2 Å². The number of anilines is 1. The summed E-state index contributed by atoms with van der Waals surface area (Å²) >= 11 is 5.00. The van der Waals surface area contributed by atoms with Crippen LogP contribution in [0.1, 0.15) is 11.1 Å². The van der Waals surface area contributed by atoms with Crippen molar-refractivity contribution in [1.29, 1.82) is 0 Å². The van der Waals surface area contributed by atoms with Gasteiger partial charge in [0, 0.05) is 30.7 Å². The minimum atomic E-state index is 0.379. The number of rotatable bonds is 5. The molecule has 0 saturated carbocycles. The first kappa shape index (κ1) is 12.4. The molecule has 92 valence electrons. The van der Waals surface area contributed by atoms with E-state index in [9.17, 15) is 0 Å². The van der Waals surface area contributed by atoms with E-state index in [4.69, 9.17) is 18.0 Å². The molecule has 0 aliphatic carbocycles. The Morgan fingerprint density at radius 3 is 2.61 bits per heavy atom. The summed E-state index contributed by atoms with van der Waals surface area (Å²) < 4.78 is 0. The summed E-state index contributed by atoms with van der Waals surface area (Å²) in [5.41, 5.74) is 8.59. The molecule has 0 bridgehead atoms. The third kappa shape index (κ3) is 3.24. The molecule has 0 amide bonds. The summed E-state index contributed by atoms with van der Waals surface area (Å²) in [5, 5.41) is 3.29. The van der Waals surface area contributed by atoms with Crippen molar-refractivity contribution < 1.29 is 0 Å². The molecule has 0 unspecified atom stereocenters. The van der Waals surface area contributed by atoms with Gasteiger partial charge in [0.05, 0.1) is 11.9 Å². The molecule has 2 heterocycles. The van der Waals surface area contributed by atoms with Crippen LogP contribution in [-0.4, -0.2) is 21.5 Å². The van der Waals surface area contributed by atoms with Gasteiger partial charge in [0.25, 0.3) is 0 Å². The predicted molar refractivity (Wildman–Crippen MR) is 76.6 cm³/mol. The predicted octanol–water partition coefficient (Wildman–Crippen LogP) is 1.77. The molecule has 0 aliphatic rings. The van der Waals surface area contributed by atoms with E-state index >= 15 is 0 Å². The van der Waals surface area contributed by atoms with Crippen molar-refractivity contribution in [2.45, 2.75) is 6.42 Å². The van der Waals surface area contributed by atoms with E-state index in [1.807, 2.05) is 18.2 Å². The van der Waals surface area contributed by atoms with Gasteiger partial charge in [0.1, 0.15) is 4.99 Å². The number of thiocarbonyl (C=S) groups is 1. The van der Waals surface area contributed by atoms with E-state index in [1.54, 1.807) is 24.8 Å². The highest BCUT2D eigenvalue weighted by atomic mass is 32.1. The van der Waals surface area contributed by atoms with Gasteiger partial charge in [-0.1, -0.05) is 12.2 Å². The Morgan fingerprint density at radius 2 is 1.89 bits per heavy atom. The standard InChI is InChI=1S/C13H14N4S/c14-13(18)11-4-7-16-9-12(11)17-8-3-10-1-5-15-6-2-10/h1-2,4-7,9,17H,3,8H2,(H2,14,18). The Hall–Kier alpha value is -2.01. The van der Waals surface area contributed by atoms with Gasteiger partial charge >= 0.3 is 0 Å². The lowest BCUT2D eigenvalue weighted by Crippen LogP contribution is -2.14. The summed E-state index contributed by atoms with van der Waals surface area (Å²) in [7, 11) is 0. The molecular formula is C13H14N4S. The fraction of sp³-hybridized carbons (Fsp3) is 0.154. The van der Waals surface area contributed by atoms with E-state index in [2.05, 4.69) is 15.3 Å². The molecule has 0 fully saturated rings. The molecule has 0 saturated heterocycles. The number of hydrogen-bond acceptors (Lipinski definition) is 4. The zero-order valence-electron chi connectivity index (χ0n) is 9.84. The lowest BCUT2D eigenvalue weighted by Gasteiger charge is -2.10. The van der Waals surface area contributed by atoms with Gasteiger partial charge in [-0.05, 0) is 30.2 Å². The first-order valence-electron chi connectivity index (χ1n) is 5.64. The zero-order chi connectivity index (χ0) is 12.8. The second-order valence-electron chi connectivity index (χ2n) is 3.82. The summed E-state index contributed by atoms with van der Waals surface area (Å²) in [4.78, 5) is 8.43. The maximum absolute atomic E-state index is 5.65. The van der Waals surface area contributed by atoms with Crippen LogP contribution in [-0.2, 0) is 6.42 Å². The van der Waals surface area contributed by atoms with Crippen LogP contribution in [0.2, 0.25) is 0 Å². The smallest absolute Gasteiger partial charge is 0.106 e. The normalized spacial score (nSPS) is 10.0. The molecular weight excluding hydrogens is 244 g/mol. The topological polar surface area (TPSA) is 63.8 Å². The van der Waals surface area contributed by atoms with E-state index in [1.165, 1.54) is 5.56 Å². The second kappa shape index (κ2) is 6.07. The van der Waals surface area contributed by atoms with Crippen LogP contribution < -0.4 is 11.1 Å². The van der Waals surface area contributed by atoms with Crippen LogP contribution in [0.3, 0.4) is 0 Å². The average molecular weight is 258 g/mol. The lowest BCUT2D eigenvalue weighted by molar-refractivity contribution is 1.01. The Balaban J connectivity index is 1.97. The van der Waals surface area contributed by atoms with Gasteiger partial charge < -0.3 is 11.1 Å². The second-order valence-corrected chi connectivity index (χ2v) is 4.26. The molecule has 18 heavy (non-hydrogen) atoms. The number of hydrogen-bond donors (Lipinski definition) is 2. The molecule has 2 aromatic heterocycles. The minimum Gasteiger partial charge on any atom is -0.389 e. The van der Waals surface area contributed by atoms with E-state index in [-0.39, 0.29) is 0 Å². The molecule has 0 atom stereocenters. The first-order valence-corrected chi connectivity index (χ1v) is 6.05. The summed E-state index contributed by atoms with van der Waals surface area (Å²) in [6.45, 7) is 0.797. The van der Waals surface area contributed by atoms with Gasteiger partial charge in [-0.15, -0.1) is 0 Å². The zero-order valence-corrected chi connectivity index (χ0v) is 10.7. The van der Waals surface area contributed by atoms with Crippen molar-refractivity contribution in [3.63, 3.8) is 0 Å². The summed E-state index contributed by atoms with van der Waals surface area (Å²) in [6, 6.07) is 5.82. The van der Waals surface area contributed by atoms with Crippen LogP contribution in [0.4, 0.5) is 5.69 Å². The fourth-order valence-electron chi connectivity index (χ4n) is 1.64. The van der Waals surface area contributed by atoms with Gasteiger partial charge in [0.2, 0.25) is 0 Å².